The molecule has 8 nitrogen and oxygen atoms in total. The molecule has 4 aliphatic rings. The highest BCUT2D eigenvalue weighted by molar-refractivity contribution is 5.89. The number of benzene rings is 1. The van der Waals surface area contributed by atoms with Crippen LogP contribution in [0.3, 0.4) is 0 Å². The molecule has 0 radical (unpaired) electrons. The van der Waals surface area contributed by atoms with Gasteiger partial charge in [0.2, 0.25) is 0 Å². The van der Waals surface area contributed by atoms with Gasteiger partial charge in [-0.1, -0.05) is 43.2 Å². The molecule has 3 aliphatic heterocycles. The Kier molecular flexibility index (Phi) is 8.67. The lowest BCUT2D eigenvalue weighted by Crippen LogP contribution is -2.53. The van der Waals surface area contributed by atoms with E-state index in [1.165, 1.54) is 44.3 Å². The molecule has 2 bridgehead atoms. The first-order chi connectivity index (χ1) is 15.4. The Balaban J connectivity index is 0.000000312. The molecule has 32 heavy (non-hydrogen) atoms. The lowest BCUT2D eigenvalue weighted by atomic mass is 9.80. The zero-order valence-corrected chi connectivity index (χ0v) is 18.2. The molecule has 1 saturated carbocycles. The fourth-order valence-corrected chi connectivity index (χ4v) is 4.91. The molecule has 3 N–H and O–H groups in total. The summed E-state index contributed by atoms with van der Waals surface area (Å²) in [6, 6.07) is 10.8. The molecule has 0 unspecified atom stereocenters. The van der Waals surface area contributed by atoms with Crippen molar-refractivity contribution in [3.63, 3.8) is 0 Å². The van der Waals surface area contributed by atoms with Gasteiger partial charge in [-0.25, -0.2) is 14.4 Å². The fraction of sp³-hybridized carbons (Fsp3) is 0.542. The minimum Gasteiger partial charge on any atom is -0.478 e. The first-order valence-electron chi connectivity index (χ1n) is 11.3. The summed E-state index contributed by atoms with van der Waals surface area (Å²) in [6.45, 7) is 3.26. The minimum atomic E-state index is -1.26. The van der Waals surface area contributed by atoms with Crippen LogP contribution in [0, 0.1) is 5.92 Å². The maximum Gasteiger partial charge on any atom is 0.407 e. The van der Waals surface area contributed by atoms with Crippen molar-refractivity contribution in [2.75, 3.05) is 19.6 Å². The molecular formula is C24H32N2O6. The van der Waals surface area contributed by atoms with E-state index in [1.54, 1.807) is 0 Å². The Morgan fingerprint density at radius 2 is 1.56 bits per heavy atom. The van der Waals surface area contributed by atoms with Crippen molar-refractivity contribution in [3.05, 3.63) is 48.0 Å². The van der Waals surface area contributed by atoms with Gasteiger partial charge in [0.25, 0.3) is 0 Å². The van der Waals surface area contributed by atoms with E-state index >= 15 is 0 Å². The Bertz CT molecular complexity index is 788. The molecule has 1 aromatic rings. The van der Waals surface area contributed by atoms with Crippen LogP contribution >= 0.6 is 0 Å². The van der Waals surface area contributed by atoms with Crippen molar-refractivity contribution in [2.45, 2.75) is 56.6 Å². The number of carboxylic acid groups (broad SMARTS) is 2. The van der Waals surface area contributed by atoms with Crippen molar-refractivity contribution < 1.29 is 29.3 Å². The maximum atomic E-state index is 12.5. The highest BCUT2D eigenvalue weighted by atomic mass is 16.6. The van der Waals surface area contributed by atoms with Crippen LogP contribution in [0.25, 0.3) is 0 Å². The highest BCUT2D eigenvalue weighted by Gasteiger charge is 2.37. The first kappa shape index (κ1) is 23.8. The third-order valence-corrected chi connectivity index (χ3v) is 6.52. The normalized spacial score (nSPS) is 28.9. The van der Waals surface area contributed by atoms with Gasteiger partial charge in [-0.05, 0) is 50.3 Å². The Hall–Kier alpha value is -2.87. The Morgan fingerprint density at radius 3 is 2.12 bits per heavy atom. The summed E-state index contributed by atoms with van der Waals surface area (Å²) in [4.78, 5) is 34.0. The summed E-state index contributed by atoms with van der Waals surface area (Å²) >= 11 is 0. The zero-order chi connectivity index (χ0) is 22.9. The average molecular weight is 445 g/mol. The molecule has 0 spiro atoms. The number of fused-ring (bicyclic) bond motifs is 3. The number of rotatable bonds is 5. The third-order valence-electron chi connectivity index (χ3n) is 6.52. The number of hydrogen-bond donors (Lipinski definition) is 3. The van der Waals surface area contributed by atoms with Crippen molar-refractivity contribution in [1.82, 2.24) is 10.2 Å². The van der Waals surface area contributed by atoms with Gasteiger partial charge in [0.1, 0.15) is 6.10 Å². The van der Waals surface area contributed by atoms with Gasteiger partial charge in [0.05, 0.1) is 0 Å². The van der Waals surface area contributed by atoms with Gasteiger partial charge in [0.15, 0.2) is 0 Å². The van der Waals surface area contributed by atoms with Crippen LogP contribution in [0.5, 0.6) is 0 Å². The van der Waals surface area contributed by atoms with Crippen LogP contribution < -0.4 is 5.32 Å². The quantitative estimate of drug-likeness (QED) is 0.597. The van der Waals surface area contributed by atoms with Crippen LogP contribution in [-0.4, -0.2) is 64.9 Å². The number of amides is 1. The molecule has 4 fully saturated rings. The van der Waals surface area contributed by atoms with Gasteiger partial charge in [0, 0.05) is 30.7 Å². The van der Waals surface area contributed by atoms with E-state index in [1.807, 2.05) is 0 Å². The standard InChI is InChI=1S/C20H28N2O2.C4H4O4/c23-20(24-19-14-22-12-10-16(19)11-13-22)21-18-9-5-4-8-17(18)15-6-2-1-3-7-15;5-3(6)1-2-4(7)8/h1-3,6-7,16-19H,4-5,8-14H2,(H,21,23);1-2H,(H,5,6)(H,7,8)/b;2-1+/t17-,18-,19-;/m0./s1. The maximum absolute atomic E-state index is 12.5. The van der Waals surface area contributed by atoms with Gasteiger partial charge in [-0.2, -0.15) is 0 Å². The summed E-state index contributed by atoms with van der Waals surface area (Å²) in [5.41, 5.74) is 1.34. The number of nitrogens with one attached hydrogen (secondary N) is 1. The van der Waals surface area contributed by atoms with Crippen LogP contribution in [0.2, 0.25) is 0 Å². The van der Waals surface area contributed by atoms with Crippen LogP contribution in [0.15, 0.2) is 42.5 Å². The number of carbonyl (C=O) groups is 3. The zero-order valence-electron chi connectivity index (χ0n) is 18.2. The fourth-order valence-electron chi connectivity index (χ4n) is 4.91. The van der Waals surface area contributed by atoms with Crippen LogP contribution in [0.4, 0.5) is 4.79 Å². The second-order valence-corrected chi connectivity index (χ2v) is 8.64. The number of nitrogens with zero attached hydrogens (tertiary/aromatic N) is 1. The molecule has 0 aromatic heterocycles. The second-order valence-electron chi connectivity index (χ2n) is 8.64. The first-order valence-corrected chi connectivity index (χ1v) is 11.3. The van der Waals surface area contributed by atoms with E-state index in [-0.39, 0.29) is 18.2 Å². The molecule has 8 heteroatoms. The molecule has 5 rings (SSSR count). The number of ether oxygens (including phenoxy) is 1. The number of aliphatic carboxylic acids is 2. The lowest BCUT2D eigenvalue weighted by Gasteiger charge is -2.44. The number of piperidine rings is 3. The van der Waals surface area contributed by atoms with Gasteiger partial charge >= 0.3 is 18.0 Å². The summed E-state index contributed by atoms with van der Waals surface area (Å²) in [7, 11) is 0. The molecule has 3 heterocycles. The van der Waals surface area contributed by atoms with Crippen molar-refractivity contribution in [1.29, 1.82) is 0 Å². The minimum absolute atomic E-state index is 0.0891. The average Bonchev–Trinajstić information content (AvgIpc) is 2.80. The van der Waals surface area contributed by atoms with Crippen LogP contribution in [-0.2, 0) is 14.3 Å². The monoisotopic (exact) mass is 444 g/mol. The lowest BCUT2D eigenvalue weighted by molar-refractivity contribution is -0.134. The Labute approximate surface area is 188 Å². The molecule has 3 saturated heterocycles. The number of carbonyl (C=O) groups excluding carboxylic acids is 1. The molecule has 1 amide bonds. The predicted molar refractivity (Wildman–Crippen MR) is 118 cm³/mol. The molecule has 174 valence electrons. The third kappa shape index (κ3) is 7.09. The van der Waals surface area contributed by atoms with Gasteiger partial charge in [-0.3, -0.25) is 4.90 Å². The summed E-state index contributed by atoms with van der Waals surface area (Å²) in [6.07, 6.45) is 7.98. The SMILES string of the molecule is O=C(N[C@H]1CCCC[C@H]1c1ccccc1)O[C@H]1CN2CCC1CC2.O=C(O)/C=C/C(=O)O. The topological polar surface area (TPSA) is 116 Å². The van der Waals surface area contributed by atoms with Gasteiger partial charge in [-0.15, -0.1) is 0 Å². The smallest absolute Gasteiger partial charge is 0.407 e. The van der Waals surface area contributed by atoms with E-state index in [4.69, 9.17) is 14.9 Å². The molecule has 1 aromatic carbocycles. The predicted octanol–water partition coefficient (Wildman–Crippen LogP) is 3.25. The largest absolute Gasteiger partial charge is 0.478 e. The number of hydrogen-bond acceptors (Lipinski definition) is 5. The van der Waals surface area contributed by atoms with E-state index in [2.05, 4.69) is 40.5 Å². The van der Waals surface area contributed by atoms with Crippen molar-refractivity contribution in [2.24, 2.45) is 5.92 Å². The van der Waals surface area contributed by atoms with E-state index in [9.17, 15) is 14.4 Å². The van der Waals surface area contributed by atoms with E-state index < -0.39 is 11.9 Å². The summed E-state index contributed by atoms with van der Waals surface area (Å²) in [5, 5.41) is 18.8. The number of alkyl carbamates (subject to hydrolysis) is 1. The van der Waals surface area contributed by atoms with Gasteiger partial charge < -0.3 is 20.3 Å². The Morgan fingerprint density at radius 1 is 0.938 bits per heavy atom. The van der Waals surface area contributed by atoms with Crippen molar-refractivity contribution in [3.8, 4) is 0 Å². The highest BCUT2D eigenvalue weighted by Crippen LogP contribution is 2.34. The number of carboxylic acids is 2. The van der Waals surface area contributed by atoms with E-state index in [0.29, 0.717) is 24.0 Å². The molecule has 1 aliphatic carbocycles. The van der Waals surface area contributed by atoms with E-state index in [0.717, 1.165) is 19.4 Å². The molecular weight excluding hydrogens is 412 g/mol. The second kappa shape index (κ2) is 11.7. The van der Waals surface area contributed by atoms with Crippen molar-refractivity contribution >= 4 is 18.0 Å². The summed E-state index contributed by atoms with van der Waals surface area (Å²) < 4.78 is 5.82. The van der Waals surface area contributed by atoms with Crippen LogP contribution in [0.1, 0.15) is 50.0 Å². The molecule has 3 atom stereocenters. The summed E-state index contributed by atoms with van der Waals surface area (Å²) in [5.74, 6) is -1.53.